The van der Waals surface area contributed by atoms with Crippen molar-refractivity contribution in [2.24, 2.45) is 11.5 Å². The lowest BCUT2D eigenvalue weighted by atomic mass is 9.93. The standard InChI is InChI=1S/C20H27N2/c1-16(20-12-10-19(15-22)11-13-20)4-2-3-5-17-6-8-18(14-21)9-7-17/h6-13,16H,1-5,14-15,21-22H2. The number of hydrogen-bond acceptors (Lipinski definition) is 2. The van der Waals surface area contributed by atoms with Crippen molar-refractivity contribution in [3.8, 4) is 0 Å². The van der Waals surface area contributed by atoms with Crippen LogP contribution in [0.5, 0.6) is 0 Å². The zero-order chi connectivity index (χ0) is 15.8. The molecule has 22 heavy (non-hydrogen) atoms. The van der Waals surface area contributed by atoms with Crippen LogP contribution in [0.3, 0.4) is 0 Å². The van der Waals surface area contributed by atoms with Crippen LogP contribution >= 0.6 is 0 Å². The lowest BCUT2D eigenvalue weighted by molar-refractivity contribution is 0.634. The van der Waals surface area contributed by atoms with Crippen LogP contribution in [0.15, 0.2) is 48.5 Å². The molecule has 117 valence electrons. The normalized spacial score (nSPS) is 12.3. The van der Waals surface area contributed by atoms with E-state index in [4.69, 9.17) is 11.5 Å². The Bertz CT molecular complexity index is 543. The Labute approximate surface area is 134 Å². The topological polar surface area (TPSA) is 52.0 Å². The highest BCUT2D eigenvalue weighted by Gasteiger charge is 2.05. The molecule has 0 spiro atoms. The zero-order valence-electron chi connectivity index (χ0n) is 13.3. The Morgan fingerprint density at radius 1 is 0.727 bits per heavy atom. The van der Waals surface area contributed by atoms with Gasteiger partial charge in [0.15, 0.2) is 0 Å². The Hall–Kier alpha value is -1.64. The van der Waals surface area contributed by atoms with Crippen LogP contribution in [-0.2, 0) is 19.5 Å². The molecule has 4 N–H and O–H groups in total. The third-order valence-electron chi connectivity index (χ3n) is 4.21. The first-order valence-corrected chi connectivity index (χ1v) is 8.13. The molecule has 2 heteroatoms. The van der Waals surface area contributed by atoms with Crippen LogP contribution in [0, 0.1) is 6.92 Å². The van der Waals surface area contributed by atoms with E-state index in [1.54, 1.807) is 0 Å². The van der Waals surface area contributed by atoms with E-state index in [0.717, 1.165) is 12.8 Å². The predicted octanol–water partition coefficient (Wildman–Crippen LogP) is 3.93. The first-order valence-electron chi connectivity index (χ1n) is 8.13. The fraction of sp³-hybridized carbons (Fsp3) is 0.350. The van der Waals surface area contributed by atoms with Crippen molar-refractivity contribution in [3.05, 3.63) is 77.7 Å². The van der Waals surface area contributed by atoms with Crippen molar-refractivity contribution < 1.29 is 0 Å². The summed E-state index contributed by atoms with van der Waals surface area (Å²) in [5.41, 5.74) is 16.3. The molecule has 0 fully saturated rings. The van der Waals surface area contributed by atoms with Crippen LogP contribution in [0.2, 0.25) is 0 Å². The van der Waals surface area contributed by atoms with Gasteiger partial charge in [-0.25, -0.2) is 0 Å². The average molecular weight is 295 g/mol. The molecule has 0 aliphatic heterocycles. The minimum Gasteiger partial charge on any atom is -0.326 e. The van der Waals surface area contributed by atoms with Gasteiger partial charge >= 0.3 is 0 Å². The van der Waals surface area contributed by atoms with Gasteiger partial charge in [-0.1, -0.05) is 55.0 Å². The first kappa shape index (κ1) is 16.7. The van der Waals surface area contributed by atoms with Gasteiger partial charge in [-0.05, 0) is 54.4 Å². The van der Waals surface area contributed by atoms with E-state index >= 15 is 0 Å². The Kier molecular flexibility index (Phi) is 6.63. The summed E-state index contributed by atoms with van der Waals surface area (Å²) in [5.74, 6) is 0.367. The van der Waals surface area contributed by atoms with Gasteiger partial charge in [0.2, 0.25) is 0 Å². The maximum Gasteiger partial charge on any atom is 0.0178 e. The summed E-state index contributed by atoms with van der Waals surface area (Å²) in [6.45, 7) is 5.51. The first-order chi connectivity index (χ1) is 10.7. The van der Waals surface area contributed by atoms with E-state index < -0.39 is 0 Å². The summed E-state index contributed by atoms with van der Waals surface area (Å²) in [5, 5.41) is 0. The Morgan fingerprint density at radius 2 is 1.23 bits per heavy atom. The summed E-state index contributed by atoms with van der Waals surface area (Å²) < 4.78 is 0. The lowest BCUT2D eigenvalue weighted by Crippen LogP contribution is -1.99. The second-order valence-corrected chi connectivity index (χ2v) is 5.91. The molecule has 1 radical (unpaired) electrons. The molecule has 1 unspecified atom stereocenters. The van der Waals surface area contributed by atoms with Crippen LogP contribution in [0.25, 0.3) is 0 Å². The summed E-state index contributed by atoms with van der Waals surface area (Å²) in [6, 6.07) is 17.2. The maximum atomic E-state index is 5.63. The number of hydrogen-bond donors (Lipinski definition) is 2. The number of rotatable bonds is 8. The molecule has 0 amide bonds. The van der Waals surface area contributed by atoms with Crippen LogP contribution in [0.1, 0.15) is 47.4 Å². The highest BCUT2D eigenvalue weighted by molar-refractivity contribution is 5.26. The van der Waals surface area contributed by atoms with Crippen molar-refractivity contribution in [3.63, 3.8) is 0 Å². The molecular weight excluding hydrogens is 268 g/mol. The third-order valence-corrected chi connectivity index (χ3v) is 4.21. The molecule has 2 aromatic rings. The van der Waals surface area contributed by atoms with E-state index in [1.165, 1.54) is 35.1 Å². The molecular formula is C20H27N2. The molecule has 0 bridgehead atoms. The highest BCUT2D eigenvalue weighted by atomic mass is 14.5. The van der Waals surface area contributed by atoms with E-state index in [9.17, 15) is 0 Å². The van der Waals surface area contributed by atoms with Gasteiger partial charge in [-0.3, -0.25) is 0 Å². The third kappa shape index (κ3) is 4.97. The van der Waals surface area contributed by atoms with Gasteiger partial charge in [0.05, 0.1) is 0 Å². The largest absolute Gasteiger partial charge is 0.326 e. The Morgan fingerprint density at radius 3 is 1.77 bits per heavy atom. The maximum absolute atomic E-state index is 5.63. The fourth-order valence-electron chi connectivity index (χ4n) is 2.65. The van der Waals surface area contributed by atoms with Crippen molar-refractivity contribution >= 4 is 0 Å². The molecule has 2 aromatic carbocycles. The van der Waals surface area contributed by atoms with E-state index in [1.807, 2.05) is 0 Å². The van der Waals surface area contributed by atoms with Crippen LogP contribution in [0.4, 0.5) is 0 Å². The minimum atomic E-state index is 0.367. The molecule has 0 heterocycles. The Balaban J connectivity index is 1.72. The molecule has 0 saturated carbocycles. The highest BCUT2D eigenvalue weighted by Crippen LogP contribution is 2.22. The molecule has 0 saturated heterocycles. The molecule has 0 aliphatic rings. The molecule has 2 nitrogen and oxygen atoms in total. The van der Waals surface area contributed by atoms with Gasteiger partial charge < -0.3 is 11.5 Å². The molecule has 0 aromatic heterocycles. The van der Waals surface area contributed by atoms with Gasteiger partial charge in [-0.2, -0.15) is 0 Å². The molecule has 1 atom stereocenters. The monoisotopic (exact) mass is 295 g/mol. The quantitative estimate of drug-likeness (QED) is 0.725. The van der Waals surface area contributed by atoms with E-state index in [0.29, 0.717) is 19.0 Å². The van der Waals surface area contributed by atoms with Gasteiger partial charge in [0, 0.05) is 13.1 Å². The van der Waals surface area contributed by atoms with Gasteiger partial charge in [0.25, 0.3) is 0 Å². The van der Waals surface area contributed by atoms with Crippen molar-refractivity contribution in [2.45, 2.75) is 44.7 Å². The molecule has 0 aliphatic carbocycles. The van der Waals surface area contributed by atoms with Crippen molar-refractivity contribution in [1.82, 2.24) is 0 Å². The van der Waals surface area contributed by atoms with E-state index in [2.05, 4.69) is 55.5 Å². The average Bonchev–Trinajstić information content (AvgIpc) is 2.59. The number of aryl methyl sites for hydroxylation is 1. The minimum absolute atomic E-state index is 0.367. The zero-order valence-corrected chi connectivity index (χ0v) is 13.3. The second kappa shape index (κ2) is 8.72. The molecule has 2 rings (SSSR count). The summed E-state index contributed by atoms with van der Waals surface area (Å²) >= 11 is 0. The number of benzene rings is 2. The van der Waals surface area contributed by atoms with E-state index in [-0.39, 0.29) is 0 Å². The number of nitrogens with two attached hydrogens (primary N) is 2. The second-order valence-electron chi connectivity index (χ2n) is 5.91. The summed E-state index contributed by atoms with van der Waals surface area (Å²) in [7, 11) is 0. The SMILES string of the molecule is [CH2]C(CCCCc1ccc(CN)cc1)c1ccc(CN)cc1. The van der Waals surface area contributed by atoms with Crippen molar-refractivity contribution in [1.29, 1.82) is 0 Å². The fourth-order valence-corrected chi connectivity index (χ4v) is 2.65. The summed E-state index contributed by atoms with van der Waals surface area (Å²) in [6.07, 6.45) is 4.66. The number of unbranched alkanes of at least 4 members (excludes halogenated alkanes) is 1. The lowest BCUT2D eigenvalue weighted by Gasteiger charge is -2.12. The van der Waals surface area contributed by atoms with Crippen LogP contribution in [-0.4, -0.2) is 0 Å². The smallest absolute Gasteiger partial charge is 0.0178 e. The predicted molar refractivity (Wildman–Crippen MR) is 94.3 cm³/mol. The van der Waals surface area contributed by atoms with Crippen molar-refractivity contribution in [2.75, 3.05) is 0 Å². The van der Waals surface area contributed by atoms with Gasteiger partial charge in [-0.15, -0.1) is 0 Å². The van der Waals surface area contributed by atoms with Crippen LogP contribution < -0.4 is 11.5 Å². The van der Waals surface area contributed by atoms with Gasteiger partial charge in [0.1, 0.15) is 0 Å². The summed E-state index contributed by atoms with van der Waals surface area (Å²) in [4.78, 5) is 0.